The van der Waals surface area contributed by atoms with Crippen molar-refractivity contribution < 1.29 is 19.4 Å². The molecule has 1 spiro atoms. The molecule has 34 heavy (non-hydrogen) atoms. The predicted molar refractivity (Wildman–Crippen MR) is 130 cm³/mol. The molecule has 178 valence electrons. The van der Waals surface area contributed by atoms with E-state index in [-0.39, 0.29) is 24.5 Å². The first-order valence-electron chi connectivity index (χ1n) is 11.8. The molecule has 1 fully saturated rings. The van der Waals surface area contributed by atoms with E-state index in [2.05, 4.69) is 21.9 Å². The molecule has 3 heterocycles. The summed E-state index contributed by atoms with van der Waals surface area (Å²) in [6, 6.07) is 15.0. The first-order valence-corrected chi connectivity index (χ1v) is 11.8. The van der Waals surface area contributed by atoms with Crippen LogP contribution >= 0.6 is 0 Å². The third-order valence-corrected chi connectivity index (χ3v) is 7.31. The second kappa shape index (κ2) is 8.85. The van der Waals surface area contributed by atoms with Gasteiger partial charge in [0.25, 0.3) is 5.91 Å². The number of hydrogen-bond donors (Lipinski definition) is 1. The Morgan fingerprint density at radius 3 is 2.68 bits per heavy atom. The Hall–Kier alpha value is -3.23. The summed E-state index contributed by atoms with van der Waals surface area (Å²) >= 11 is 0. The predicted octanol–water partition coefficient (Wildman–Crippen LogP) is 2.31. The van der Waals surface area contributed by atoms with E-state index in [1.165, 1.54) is 10.7 Å². The number of carbonyl (C=O) groups excluding carboxylic acids is 2. The van der Waals surface area contributed by atoms with Gasteiger partial charge >= 0.3 is 5.97 Å². The highest BCUT2D eigenvalue weighted by atomic mass is 16.5. The van der Waals surface area contributed by atoms with Crippen molar-refractivity contribution in [1.82, 2.24) is 4.90 Å². The highest BCUT2D eigenvalue weighted by Gasteiger charge is 2.59. The van der Waals surface area contributed by atoms with Gasteiger partial charge in [-0.25, -0.2) is 4.79 Å². The van der Waals surface area contributed by atoms with E-state index in [0.717, 1.165) is 24.4 Å². The smallest absolute Gasteiger partial charge is 0.338 e. The summed E-state index contributed by atoms with van der Waals surface area (Å²) in [6.45, 7) is 7.02. The van der Waals surface area contributed by atoms with Crippen LogP contribution in [0, 0.1) is 5.41 Å². The molecule has 0 radical (unpaired) electrons. The molecule has 3 aliphatic heterocycles. The molecule has 2 aromatic rings. The number of hydrazone groups is 1. The molecular weight excluding hydrogens is 432 g/mol. The van der Waals surface area contributed by atoms with Gasteiger partial charge in [0.15, 0.2) is 0 Å². The van der Waals surface area contributed by atoms with Crippen molar-refractivity contribution >= 4 is 29.0 Å². The summed E-state index contributed by atoms with van der Waals surface area (Å²) in [5.74, 6) is -0.437. The first-order chi connectivity index (χ1) is 16.5. The third-order valence-electron chi connectivity index (χ3n) is 7.31. The van der Waals surface area contributed by atoms with E-state index < -0.39 is 5.41 Å². The molecule has 0 aromatic heterocycles. The van der Waals surface area contributed by atoms with Crippen LogP contribution in [-0.4, -0.2) is 73.0 Å². The molecule has 1 saturated heterocycles. The number of esters is 1. The van der Waals surface area contributed by atoms with Crippen LogP contribution in [0.2, 0.25) is 0 Å². The van der Waals surface area contributed by atoms with E-state index in [0.29, 0.717) is 37.4 Å². The number of ether oxygens (including phenoxy) is 1. The van der Waals surface area contributed by atoms with Crippen molar-refractivity contribution in [1.29, 1.82) is 0 Å². The monoisotopic (exact) mass is 462 g/mol. The molecule has 8 heteroatoms. The average Bonchev–Trinajstić information content (AvgIpc) is 3.10. The first kappa shape index (κ1) is 22.6. The van der Waals surface area contributed by atoms with Gasteiger partial charge in [0, 0.05) is 31.9 Å². The lowest BCUT2D eigenvalue weighted by Gasteiger charge is -2.53. The minimum Gasteiger partial charge on any atom is -0.462 e. The fourth-order valence-corrected chi connectivity index (χ4v) is 5.60. The maximum absolute atomic E-state index is 14.2. The molecule has 3 aliphatic rings. The molecule has 0 aliphatic carbocycles. The van der Waals surface area contributed by atoms with Gasteiger partial charge in [-0.2, -0.15) is 10.1 Å². The molecule has 0 saturated carbocycles. The van der Waals surface area contributed by atoms with Gasteiger partial charge in [0.05, 0.1) is 36.2 Å². The molecule has 5 rings (SSSR count). The fourth-order valence-electron chi connectivity index (χ4n) is 5.60. The molecule has 2 atom stereocenters. The summed E-state index contributed by atoms with van der Waals surface area (Å²) < 4.78 is 5.07. The number of piperazine rings is 1. The number of rotatable bonds is 5. The number of carbonyl (C=O) groups is 2. The number of aliphatic hydroxyl groups is 1. The van der Waals surface area contributed by atoms with E-state index in [1.807, 2.05) is 19.1 Å². The van der Waals surface area contributed by atoms with Gasteiger partial charge in [0.2, 0.25) is 0 Å². The Bertz CT molecular complexity index is 1130. The zero-order chi connectivity index (χ0) is 23.9. The summed E-state index contributed by atoms with van der Waals surface area (Å²) in [4.78, 5) is 30.8. The molecule has 1 N–H and O–H groups in total. The zero-order valence-corrected chi connectivity index (χ0v) is 19.6. The van der Waals surface area contributed by atoms with Gasteiger partial charge < -0.3 is 14.7 Å². The zero-order valence-electron chi connectivity index (χ0n) is 19.6. The Balaban J connectivity index is 1.51. The molecule has 1 amide bonds. The Kier molecular flexibility index (Phi) is 5.87. The van der Waals surface area contributed by atoms with Crippen LogP contribution in [0.5, 0.6) is 0 Å². The van der Waals surface area contributed by atoms with Crippen molar-refractivity contribution in [3.8, 4) is 0 Å². The van der Waals surface area contributed by atoms with Gasteiger partial charge in [-0.1, -0.05) is 18.2 Å². The van der Waals surface area contributed by atoms with Crippen LogP contribution in [0.15, 0.2) is 53.6 Å². The number of aliphatic hydroxyl groups excluding tert-OH is 1. The average molecular weight is 463 g/mol. The van der Waals surface area contributed by atoms with Crippen molar-refractivity contribution in [2.75, 3.05) is 49.3 Å². The normalized spacial score (nSPS) is 24.1. The second-order valence-electron chi connectivity index (χ2n) is 9.08. The summed E-state index contributed by atoms with van der Waals surface area (Å²) in [5, 5.41) is 15.8. The van der Waals surface area contributed by atoms with Crippen LogP contribution in [0.4, 0.5) is 11.4 Å². The molecule has 2 unspecified atom stereocenters. The minimum absolute atomic E-state index is 0.0516. The maximum Gasteiger partial charge on any atom is 0.338 e. The van der Waals surface area contributed by atoms with E-state index in [4.69, 9.17) is 9.84 Å². The molecule has 2 aromatic carbocycles. The topological polar surface area (TPSA) is 85.7 Å². The number of amides is 1. The second-order valence-corrected chi connectivity index (χ2v) is 9.08. The summed E-state index contributed by atoms with van der Waals surface area (Å²) in [6.07, 6.45) is 0.586. The Morgan fingerprint density at radius 1 is 1.18 bits per heavy atom. The van der Waals surface area contributed by atoms with Crippen molar-refractivity contribution in [3.63, 3.8) is 0 Å². The highest BCUT2D eigenvalue weighted by molar-refractivity contribution is 6.20. The molecule has 8 nitrogen and oxygen atoms in total. The third kappa shape index (κ3) is 3.49. The lowest BCUT2D eigenvalue weighted by molar-refractivity contribution is -0.125. The van der Waals surface area contributed by atoms with Crippen molar-refractivity contribution in [2.24, 2.45) is 10.5 Å². The largest absolute Gasteiger partial charge is 0.462 e. The van der Waals surface area contributed by atoms with Crippen LogP contribution in [0.25, 0.3) is 0 Å². The van der Waals surface area contributed by atoms with Crippen LogP contribution in [0.3, 0.4) is 0 Å². The number of β-amino-alcohol motifs (C(OH)–C–C–N with tert-alkyl or cyclic N) is 1. The SMILES string of the molecule is CCOC(=O)c1ccc(N2N=C(C)C3(Cc4ccccc4N4CCN(CCO)CC43)C2=O)cc1. The lowest BCUT2D eigenvalue weighted by atomic mass is 9.67. The van der Waals surface area contributed by atoms with Crippen LogP contribution in [-0.2, 0) is 16.0 Å². The summed E-state index contributed by atoms with van der Waals surface area (Å²) in [7, 11) is 0. The molecule has 0 bridgehead atoms. The van der Waals surface area contributed by atoms with Crippen molar-refractivity contribution in [2.45, 2.75) is 26.3 Å². The lowest BCUT2D eigenvalue weighted by Crippen LogP contribution is -2.67. The number of benzene rings is 2. The van der Waals surface area contributed by atoms with E-state index in [1.54, 1.807) is 31.2 Å². The van der Waals surface area contributed by atoms with E-state index >= 15 is 0 Å². The van der Waals surface area contributed by atoms with Gasteiger partial charge in [-0.05, 0) is 56.2 Å². The van der Waals surface area contributed by atoms with Crippen molar-refractivity contribution in [3.05, 3.63) is 59.7 Å². The highest BCUT2D eigenvalue weighted by Crippen LogP contribution is 2.48. The summed E-state index contributed by atoms with van der Waals surface area (Å²) in [5.41, 5.74) is 3.40. The van der Waals surface area contributed by atoms with Gasteiger partial charge in [-0.15, -0.1) is 0 Å². The molecular formula is C26H30N4O4. The Labute approximate surface area is 199 Å². The minimum atomic E-state index is -0.789. The van der Waals surface area contributed by atoms with Gasteiger partial charge in [-0.3, -0.25) is 9.69 Å². The van der Waals surface area contributed by atoms with Crippen LogP contribution in [0.1, 0.15) is 29.8 Å². The Morgan fingerprint density at radius 2 is 1.94 bits per heavy atom. The van der Waals surface area contributed by atoms with E-state index in [9.17, 15) is 14.7 Å². The fraction of sp³-hybridized carbons (Fsp3) is 0.423. The number of para-hydroxylation sites is 1. The number of nitrogens with zero attached hydrogens (tertiary/aromatic N) is 4. The number of hydrogen-bond acceptors (Lipinski definition) is 7. The standard InChI is InChI=1S/C26H30N4O4/c1-3-34-24(32)19-8-10-21(11-9-19)30-25(33)26(18(2)27-30)16-20-6-4-5-7-22(20)29-13-12-28(14-15-31)17-23(26)29/h4-11,23,31H,3,12-17H2,1-2H3. The maximum atomic E-state index is 14.2. The van der Waals surface area contributed by atoms with Crippen LogP contribution < -0.4 is 9.91 Å². The number of fused-ring (bicyclic) bond motifs is 4. The number of anilines is 2. The quantitative estimate of drug-likeness (QED) is 0.687. The van der Waals surface area contributed by atoms with Gasteiger partial charge in [0.1, 0.15) is 5.41 Å².